The van der Waals surface area contributed by atoms with Crippen LogP contribution in [0, 0.1) is 13.8 Å². The highest BCUT2D eigenvalue weighted by Crippen LogP contribution is 2.04. The number of aromatic nitrogens is 2. The molecule has 0 fully saturated rings. The maximum Gasteiger partial charge on any atom is 0.0951 e. The van der Waals surface area contributed by atoms with E-state index in [-0.39, 0.29) is 6.04 Å². The van der Waals surface area contributed by atoms with Crippen LogP contribution < -0.4 is 5.73 Å². The highest BCUT2D eigenvalue weighted by atomic mass is 16.5. The van der Waals surface area contributed by atoms with Crippen molar-refractivity contribution < 1.29 is 4.74 Å². The van der Waals surface area contributed by atoms with E-state index < -0.39 is 0 Å². The second-order valence-electron chi connectivity index (χ2n) is 3.28. The second-order valence-corrected chi connectivity index (χ2v) is 3.28. The average Bonchev–Trinajstić information content (AvgIpc) is 2.37. The fraction of sp³-hybridized carbons (Fsp3) is 0.667. The Kier molecular flexibility index (Phi) is 3.45. The molecule has 1 atom stereocenters. The van der Waals surface area contributed by atoms with Crippen LogP contribution in [-0.2, 0) is 11.3 Å². The van der Waals surface area contributed by atoms with Crippen LogP contribution in [0.4, 0.5) is 0 Å². The summed E-state index contributed by atoms with van der Waals surface area (Å²) in [4.78, 5) is 4.20. The van der Waals surface area contributed by atoms with Gasteiger partial charge in [0.05, 0.1) is 18.6 Å². The predicted octanol–water partition coefficient (Wildman–Crippen LogP) is 0.474. The van der Waals surface area contributed by atoms with Crippen molar-refractivity contribution in [3.63, 3.8) is 0 Å². The third kappa shape index (κ3) is 2.54. The summed E-state index contributed by atoms with van der Waals surface area (Å²) in [5.74, 6) is 0. The lowest BCUT2D eigenvalue weighted by Gasteiger charge is -2.12. The molecule has 1 aromatic heterocycles. The zero-order valence-electron chi connectivity index (χ0n) is 8.45. The van der Waals surface area contributed by atoms with Gasteiger partial charge in [0.1, 0.15) is 0 Å². The van der Waals surface area contributed by atoms with Gasteiger partial charge in [0.2, 0.25) is 0 Å². The van der Waals surface area contributed by atoms with E-state index in [4.69, 9.17) is 10.5 Å². The van der Waals surface area contributed by atoms with Crippen molar-refractivity contribution in [1.29, 1.82) is 0 Å². The standard InChI is InChI=1S/C9H17N3O/c1-7-8(2)12(6-11-7)4-9(10)5-13-3/h6,9H,4-5,10H2,1-3H3. The van der Waals surface area contributed by atoms with Crippen molar-refractivity contribution in [2.45, 2.75) is 26.4 Å². The fourth-order valence-corrected chi connectivity index (χ4v) is 1.25. The van der Waals surface area contributed by atoms with Crippen molar-refractivity contribution in [2.75, 3.05) is 13.7 Å². The fourth-order valence-electron chi connectivity index (χ4n) is 1.25. The number of imidazole rings is 1. The Morgan fingerprint density at radius 3 is 2.77 bits per heavy atom. The molecule has 1 heterocycles. The molecular formula is C9H17N3O. The van der Waals surface area contributed by atoms with E-state index in [1.54, 1.807) is 7.11 Å². The van der Waals surface area contributed by atoms with Crippen LogP contribution in [0.5, 0.6) is 0 Å². The number of rotatable bonds is 4. The van der Waals surface area contributed by atoms with E-state index in [0.717, 1.165) is 12.2 Å². The summed E-state index contributed by atoms with van der Waals surface area (Å²) in [5, 5.41) is 0. The highest BCUT2D eigenvalue weighted by Gasteiger charge is 2.06. The summed E-state index contributed by atoms with van der Waals surface area (Å²) in [7, 11) is 1.66. The van der Waals surface area contributed by atoms with Crippen LogP contribution in [0.25, 0.3) is 0 Å². The molecule has 13 heavy (non-hydrogen) atoms. The summed E-state index contributed by atoms with van der Waals surface area (Å²) in [6, 6.07) is 0.0392. The van der Waals surface area contributed by atoms with E-state index in [2.05, 4.69) is 9.55 Å². The minimum absolute atomic E-state index is 0.0392. The SMILES string of the molecule is COCC(N)Cn1cnc(C)c1C. The maximum atomic E-state index is 5.82. The van der Waals surface area contributed by atoms with Crippen LogP contribution in [0.3, 0.4) is 0 Å². The molecule has 0 aliphatic rings. The highest BCUT2D eigenvalue weighted by molar-refractivity contribution is 5.08. The molecule has 0 radical (unpaired) electrons. The van der Waals surface area contributed by atoms with Gasteiger partial charge in [0.25, 0.3) is 0 Å². The lowest BCUT2D eigenvalue weighted by molar-refractivity contribution is 0.173. The van der Waals surface area contributed by atoms with Gasteiger partial charge in [-0.3, -0.25) is 0 Å². The van der Waals surface area contributed by atoms with E-state index >= 15 is 0 Å². The average molecular weight is 183 g/mol. The molecule has 74 valence electrons. The third-order valence-corrected chi connectivity index (χ3v) is 2.16. The van der Waals surface area contributed by atoms with Gasteiger partial charge >= 0.3 is 0 Å². The maximum absolute atomic E-state index is 5.82. The predicted molar refractivity (Wildman–Crippen MR) is 51.6 cm³/mol. The van der Waals surface area contributed by atoms with Gasteiger partial charge in [-0.1, -0.05) is 0 Å². The summed E-state index contributed by atoms with van der Waals surface area (Å²) in [6.07, 6.45) is 1.82. The zero-order valence-corrected chi connectivity index (χ0v) is 8.45. The van der Waals surface area contributed by atoms with Crippen molar-refractivity contribution >= 4 is 0 Å². The summed E-state index contributed by atoms with van der Waals surface area (Å²) in [6.45, 7) is 5.38. The van der Waals surface area contributed by atoms with Gasteiger partial charge < -0.3 is 15.0 Å². The first-order valence-electron chi connectivity index (χ1n) is 4.38. The molecule has 0 aromatic carbocycles. The van der Waals surface area contributed by atoms with E-state index in [1.807, 2.05) is 20.2 Å². The molecule has 2 N–H and O–H groups in total. The molecule has 0 saturated carbocycles. The van der Waals surface area contributed by atoms with E-state index in [1.165, 1.54) is 5.69 Å². The number of aryl methyl sites for hydroxylation is 1. The van der Waals surface area contributed by atoms with E-state index in [9.17, 15) is 0 Å². The molecule has 1 rings (SSSR count). The summed E-state index contributed by atoms with van der Waals surface area (Å²) >= 11 is 0. The Morgan fingerprint density at radius 1 is 1.62 bits per heavy atom. The number of ether oxygens (including phenoxy) is 1. The molecule has 1 unspecified atom stereocenters. The first-order chi connectivity index (χ1) is 6.15. The molecule has 0 aliphatic heterocycles. The molecule has 0 bridgehead atoms. The van der Waals surface area contributed by atoms with Crippen LogP contribution in [-0.4, -0.2) is 29.3 Å². The molecule has 4 nitrogen and oxygen atoms in total. The molecule has 0 spiro atoms. The molecule has 4 heteroatoms. The number of methoxy groups -OCH3 is 1. The monoisotopic (exact) mass is 183 g/mol. The van der Waals surface area contributed by atoms with Gasteiger partial charge in [-0.05, 0) is 13.8 Å². The minimum atomic E-state index is 0.0392. The Hall–Kier alpha value is -0.870. The smallest absolute Gasteiger partial charge is 0.0951 e. The van der Waals surface area contributed by atoms with Crippen molar-refractivity contribution in [3.05, 3.63) is 17.7 Å². The van der Waals surface area contributed by atoms with Crippen molar-refractivity contribution in [2.24, 2.45) is 5.73 Å². The Morgan fingerprint density at radius 2 is 2.31 bits per heavy atom. The van der Waals surface area contributed by atoms with Gasteiger partial charge in [-0.25, -0.2) is 4.98 Å². The normalized spacial score (nSPS) is 13.2. The van der Waals surface area contributed by atoms with Crippen LogP contribution in [0.1, 0.15) is 11.4 Å². The van der Waals surface area contributed by atoms with Crippen LogP contribution in [0.2, 0.25) is 0 Å². The Bertz CT molecular complexity index is 270. The number of nitrogens with zero attached hydrogens (tertiary/aromatic N) is 2. The number of hydrogen-bond donors (Lipinski definition) is 1. The molecule has 0 amide bonds. The topological polar surface area (TPSA) is 53.1 Å². The Balaban J connectivity index is 2.58. The van der Waals surface area contributed by atoms with Gasteiger partial charge in [0, 0.05) is 25.4 Å². The largest absolute Gasteiger partial charge is 0.383 e. The molecular weight excluding hydrogens is 166 g/mol. The molecule has 1 aromatic rings. The third-order valence-electron chi connectivity index (χ3n) is 2.16. The summed E-state index contributed by atoms with van der Waals surface area (Å²) < 4.78 is 7.02. The van der Waals surface area contributed by atoms with Gasteiger partial charge in [0.15, 0.2) is 0 Å². The Labute approximate surface area is 78.7 Å². The first-order valence-corrected chi connectivity index (χ1v) is 4.38. The van der Waals surface area contributed by atoms with E-state index in [0.29, 0.717) is 6.61 Å². The molecule has 0 saturated heterocycles. The molecule has 0 aliphatic carbocycles. The second kappa shape index (κ2) is 4.39. The lowest BCUT2D eigenvalue weighted by Crippen LogP contribution is -2.30. The lowest BCUT2D eigenvalue weighted by atomic mass is 10.3. The van der Waals surface area contributed by atoms with Gasteiger partial charge in [-0.2, -0.15) is 0 Å². The van der Waals surface area contributed by atoms with Crippen molar-refractivity contribution in [3.8, 4) is 0 Å². The summed E-state index contributed by atoms with van der Waals surface area (Å²) in [5.41, 5.74) is 8.05. The minimum Gasteiger partial charge on any atom is -0.383 e. The van der Waals surface area contributed by atoms with Crippen molar-refractivity contribution in [1.82, 2.24) is 9.55 Å². The number of hydrogen-bond acceptors (Lipinski definition) is 3. The zero-order chi connectivity index (χ0) is 9.84. The van der Waals surface area contributed by atoms with Crippen LogP contribution >= 0.6 is 0 Å². The quantitative estimate of drug-likeness (QED) is 0.738. The number of nitrogens with two attached hydrogens (primary N) is 1. The van der Waals surface area contributed by atoms with Gasteiger partial charge in [-0.15, -0.1) is 0 Å². The van der Waals surface area contributed by atoms with Crippen LogP contribution in [0.15, 0.2) is 6.33 Å². The first kappa shape index (κ1) is 10.2.